The zero-order chi connectivity index (χ0) is 15.5. The third kappa shape index (κ3) is 3.21. The minimum Gasteiger partial charge on any atom is -0.345 e. The first-order valence-corrected chi connectivity index (χ1v) is 8.74. The van der Waals surface area contributed by atoms with Crippen LogP contribution in [0.5, 0.6) is 0 Å². The van der Waals surface area contributed by atoms with E-state index in [1.807, 2.05) is 0 Å². The van der Waals surface area contributed by atoms with Gasteiger partial charge in [0, 0.05) is 36.2 Å². The normalized spacial score (nSPS) is 17.3. The molecule has 0 unspecified atom stereocenters. The summed E-state index contributed by atoms with van der Waals surface area (Å²) in [6.07, 6.45) is 7.84. The quantitative estimate of drug-likeness (QED) is 0.924. The number of nitrogens with two attached hydrogens (primary N) is 1. The van der Waals surface area contributed by atoms with Crippen molar-refractivity contribution in [2.75, 3.05) is 13.1 Å². The summed E-state index contributed by atoms with van der Waals surface area (Å²) in [5.74, 6) is 0. The Balaban J connectivity index is 1.94. The molecule has 3 rings (SSSR count). The van der Waals surface area contributed by atoms with Crippen molar-refractivity contribution in [3.05, 3.63) is 35.5 Å². The van der Waals surface area contributed by atoms with Crippen LogP contribution in [-0.4, -0.2) is 22.6 Å². The number of likely N-dealkylation sites (tertiary alicyclic amines) is 1. The Morgan fingerprint density at radius 1 is 1.09 bits per heavy atom. The molecule has 1 aliphatic rings. The van der Waals surface area contributed by atoms with Crippen LogP contribution in [-0.2, 0) is 13.1 Å². The van der Waals surface area contributed by atoms with Crippen molar-refractivity contribution in [3.8, 4) is 0 Å². The smallest absolute Gasteiger partial charge is 0.0489 e. The fourth-order valence-electron chi connectivity index (χ4n) is 3.58. The van der Waals surface area contributed by atoms with Gasteiger partial charge in [0.2, 0.25) is 0 Å². The van der Waals surface area contributed by atoms with Crippen LogP contribution in [0.3, 0.4) is 0 Å². The van der Waals surface area contributed by atoms with Gasteiger partial charge in [0.1, 0.15) is 0 Å². The van der Waals surface area contributed by atoms with Crippen molar-refractivity contribution in [1.29, 1.82) is 0 Å². The Labute approximate surface area is 134 Å². The van der Waals surface area contributed by atoms with Gasteiger partial charge in [0.25, 0.3) is 0 Å². The lowest BCUT2D eigenvalue weighted by molar-refractivity contribution is 0.277. The molecule has 0 amide bonds. The molecule has 3 heteroatoms. The minimum absolute atomic E-state index is 0.480. The molecular formula is C19H29N3. The third-order valence-electron chi connectivity index (χ3n) is 4.87. The lowest BCUT2D eigenvalue weighted by atomic mass is 10.1. The predicted octanol–water partition coefficient (Wildman–Crippen LogP) is 4.06. The first-order chi connectivity index (χ1) is 10.7. The van der Waals surface area contributed by atoms with Gasteiger partial charge in [0.05, 0.1) is 0 Å². The number of fused-ring (bicyclic) bond motifs is 1. The molecule has 0 radical (unpaired) electrons. The van der Waals surface area contributed by atoms with Crippen LogP contribution < -0.4 is 5.73 Å². The molecule has 120 valence electrons. The summed E-state index contributed by atoms with van der Waals surface area (Å²) in [5.41, 5.74) is 9.84. The number of benzene rings is 1. The van der Waals surface area contributed by atoms with Crippen LogP contribution in [0.15, 0.2) is 24.4 Å². The van der Waals surface area contributed by atoms with E-state index in [1.165, 1.54) is 60.8 Å². The van der Waals surface area contributed by atoms with Gasteiger partial charge in [0.15, 0.2) is 0 Å². The summed E-state index contributed by atoms with van der Waals surface area (Å²) >= 11 is 0. The molecule has 1 aromatic carbocycles. The van der Waals surface area contributed by atoms with Crippen LogP contribution in [0.25, 0.3) is 10.9 Å². The second-order valence-corrected chi connectivity index (χ2v) is 6.90. The van der Waals surface area contributed by atoms with E-state index in [9.17, 15) is 0 Å². The fraction of sp³-hybridized carbons (Fsp3) is 0.579. The maximum atomic E-state index is 5.82. The first-order valence-electron chi connectivity index (χ1n) is 8.74. The topological polar surface area (TPSA) is 34.2 Å². The summed E-state index contributed by atoms with van der Waals surface area (Å²) in [7, 11) is 0. The van der Waals surface area contributed by atoms with Crippen molar-refractivity contribution >= 4 is 10.9 Å². The second-order valence-electron chi connectivity index (χ2n) is 6.90. The largest absolute Gasteiger partial charge is 0.345 e. The number of nitrogens with zero attached hydrogens (tertiary/aromatic N) is 2. The molecule has 3 nitrogen and oxygen atoms in total. The molecule has 1 fully saturated rings. The molecule has 0 saturated carbocycles. The van der Waals surface area contributed by atoms with Crippen LogP contribution >= 0.6 is 0 Å². The summed E-state index contributed by atoms with van der Waals surface area (Å²) in [6.45, 7) is 8.69. The highest BCUT2D eigenvalue weighted by Crippen LogP contribution is 2.27. The van der Waals surface area contributed by atoms with E-state index in [-0.39, 0.29) is 0 Å². The molecule has 2 N–H and O–H groups in total. The Morgan fingerprint density at radius 2 is 1.82 bits per heavy atom. The summed E-state index contributed by atoms with van der Waals surface area (Å²) in [5, 5.41) is 1.40. The van der Waals surface area contributed by atoms with Gasteiger partial charge in [-0.15, -0.1) is 0 Å². The number of hydrogen-bond donors (Lipinski definition) is 1. The van der Waals surface area contributed by atoms with Gasteiger partial charge in [-0.25, -0.2) is 0 Å². The van der Waals surface area contributed by atoms with Crippen molar-refractivity contribution in [3.63, 3.8) is 0 Å². The van der Waals surface area contributed by atoms with Gasteiger partial charge in [-0.3, -0.25) is 4.90 Å². The van der Waals surface area contributed by atoms with E-state index < -0.39 is 0 Å². The molecule has 0 aliphatic carbocycles. The van der Waals surface area contributed by atoms with Crippen molar-refractivity contribution in [1.82, 2.24) is 9.47 Å². The molecular weight excluding hydrogens is 270 g/mol. The van der Waals surface area contributed by atoms with Gasteiger partial charge in [-0.1, -0.05) is 25.0 Å². The van der Waals surface area contributed by atoms with Crippen LogP contribution in [0.2, 0.25) is 0 Å². The van der Waals surface area contributed by atoms with Gasteiger partial charge < -0.3 is 10.3 Å². The average molecular weight is 299 g/mol. The lowest BCUT2D eigenvalue weighted by Gasteiger charge is -2.19. The summed E-state index contributed by atoms with van der Waals surface area (Å²) in [6, 6.07) is 7.19. The highest BCUT2D eigenvalue weighted by Gasteiger charge is 2.15. The zero-order valence-electron chi connectivity index (χ0n) is 14.0. The van der Waals surface area contributed by atoms with Crippen LogP contribution in [0.4, 0.5) is 0 Å². The standard InChI is InChI=1S/C19H29N3/c1-15(2)22-14-17(13-21-9-5-3-4-6-10-21)18-8-7-16(12-20)11-19(18)22/h7-8,11,14-15H,3-6,9-10,12-13,20H2,1-2H3. The monoisotopic (exact) mass is 299 g/mol. The Morgan fingerprint density at radius 3 is 2.45 bits per heavy atom. The molecule has 2 heterocycles. The van der Waals surface area contributed by atoms with Crippen LogP contribution in [0.1, 0.15) is 56.7 Å². The predicted molar refractivity (Wildman–Crippen MR) is 94.0 cm³/mol. The van der Waals surface area contributed by atoms with E-state index in [4.69, 9.17) is 5.73 Å². The number of rotatable bonds is 4. The maximum absolute atomic E-state index is 5.82. The molecule has 0 spiro atoms. The Hall–Kier alpha value is -1.32. The second kappa shape index (κ2) is 6.84. The molecule has 22 heavy (non-hydrogen) atoms. The number of hydrogen-bond acceptors (Lipinski definition) is 2. The van der Waals surface area contributed by atoms with Crippen molar-refractivity contribution in [2.45, 2.75) is 58.7 Å². The summed E-state index contributed by atoms with van der Waals surface area (Å²) < 4.78 is 2.40. The van der Waals surface area contributed by atoms with E-state index in [1.54, 1.807) is 0 Å². The fourth-order valence-corrected chi connectivity index (χ4v) is 3.58. The summed E-state index contributed by atoms with van der Waals surface area (Å²) in [4.78, 5) is 2.63. The van der Waals surface area contributed by atoms with E-state index in [0.29, 0.717) is 12.6 Å². The molecule has 2 aromatic rings. The van der Waals surface area contributed by atoms with Crippen LogP contribution in [0, 0.1) is 0 Å². The Kier molecular flexibility index (Phi) is 4.84. The maximum Gasteiger partial charge on any atom is 0.0489 e. The van der Waals surface area contributed by atoms with E-state index >= 15 is 0 Å². The Bertz CT molecular complexity index is 619. The zero-order valence-corrected chi connectivity index (χ0v) is 14.0. The highest BCUT2D eigenvalue weighted by atomic mass is 15.1. The first kappa shape index (κ1) is 15.6. The molecule has 1 aliphatic heterocycles. The van der Waals surface area contributed by atoms with Gasteiger partial charge >= 0.3 is 0 Å². The van der Waals surface area contributed by atoms with Crippen molar-refractivity contribution < 1.29 is 0 Å². The molecule has 1 saturated heterocycles. The third-order valence-corrected chi connectivity index (χ3v) is 4.87. The molecule has 0 atom stereocenters. The lowest BCUT2D eigenvalue weighted by Crippen LogP contribution is -2.23. The highest BCUT2D eigenvalue weighted by molar-refractivity contribution is 5.84. The van der Waals surface area contributed by atoms with Gasteiger partial charge in [-0.05, 0) is 57.0 Å². The minimum atomic E-state index is 0.480. The van der Waals surface area contributed by atoms with Gasteiger partial charge in [-0.2, -0.15) is 0 Å². The number of aromatic nitrogens is 1. The van der Waals surface area contributed by atoms with Crippen molar-refractivity contribution in [2.24, 2.45) is 5.73 Å². The average Bonchev–Trinajstić information content (AvgIpc) is 2.69. The molecule has 0 bridgehead atoms. The van der Waals surface area contributed by atoms with E-state index in [0.717, 1.165) is 6.54 Å². The molecule has 1 aromatic heterocycles. The van der Waals surface area contributed by atoms with E-state index in [2.05, 4.69) is 47.7 Å². The SMILES string of the molecule is CC(C)n1cc(CN2CCCCCC2)c2ccc(CN)cc21.